The van der Waals surface area contributed by atoms with Crippen molar-refractivity contribution in [1.29, 1.82) is 0 Å². The van der Waals surface area contributed by atoms with Gasteiger partial charge in [-0.2, -0.15) is 0 Å². The summed E-state index contributed by atoms with van der Waals surface area (Å²) in [5, 5.41) is 0. The number of hydrogen-bond acceptors (Lipinski definition) is 3. The van der Waals surface area contributed by atoms with Crippen LogP contribution in [0.15, 0.2) is 18.2 Å². The van der Waals surface area contributed by atoms with Crippen LogP contribution in [0.4, 0.5) is 0 Å². The number of nitrogens with two attached hydrogens (primary N) is 1. The fourth-order valence-electron chi connectivity index (χ4n) is 2.83. The Labute approximate surface area is 116 Å². The minimum Gasteiger partial charge on any atom is -0.496 e. The third-order valence-corrected chi connectivity index (χ3v) is 3.86. The fourth-order valence-corrected chi connectivity index (χ4v) is 2.83. The number of rotatable bonds is 5. The van der Waals surface area contributed by atoms with Gasteiger partial charge in [-0.3, -0.25) is 4.90 Å². The van der Waals surface area contributed by atoms with Crippen LogP contribution >= 0.6 is 0 Å². The van der Waals surface area contributed by atoms with E-state index in [1.54, 1.807) is 7.11 Å². The second-order valence-corrected chi connectivity index (χ2v) is 5.38. The average molecular weight is 262 g/mol. The Balaban J connectivity index is 2.04. The molecule has 1 aliphatic heterocycles. The topological polar surface area (TPSA) is 38.5 Å². The predicted molar refractivity (Wildman–Crippen MR) is 79.5 cm³/mol. The van der Waals surface area contributed by atoms with E-state index in [9.17, 15) is 0 Å². The minimum atomic E-state index is 0.670. The molecule has 0 bridgehead atoms. The van der Waals surface area contributed by atoms with Gasteiger partial charge < -0.3 is 10.5 Å². The van der Waals surface area contributed by atoms with E-state index >= 15 is 0 Å². The van der Waals surface area contributed by atoms with E-state index in [-0.39, 0.29) is 0 Å². The van der Waals surface area contributed by atoms with Crippen LogP contribution in [-0.2, 0) is 13.0 Å². The Morgan fingerprint density at radius 2 is 1.89 bits per heavy atom. The number of ether oxygens (including phenoxy) is 1. The van der Waals surface area contributed by atoms with Crippen molar-refractivity contribution in [2.45, 2.75) is 38.6 Å². The standard InChI is InChI=1S/C16H26N2O/c1-19-16-7-6-14(12-15(16)8-9-17)13-18-10-4-2-3-5-11-18/h6-7,12H,2-5,8-11,13,17H2,1H3. The van der Waals surface area contributed by atoms with Crippen LogP contribution < -0.4 is 10.5 Å². The summed E-state index contributed by atoms with van der Waals surface area (Å²) in [6, 6.07) is 6.53. The van der Waals surface area contributed by atoms with Crippen molar-refractivity contribution in [3.05, 3.63) is 29.3 Å². The highest BCUT2D eigenvalue weighted by atomic mass is 16.5. The summed E-state index contributed by atoms with van der Waals surface area (Å²) in [6.45, 7) is 4.20. The molecule has 1 aromatic carbocycles. The summed E-state index contributed by atoms with van der Waals surface area (Å²) in [5.74, 6) is 0.963. The van der Waals surface area contributed by atoms with Crippen LogP contribution in [0.2, 0.25) is 0 Å². The van der Waals surface area contributed by atoms with Gasteiger partial charge >= 0.3 is 0 Å². The maximum Gasteiger partial charge on any atom is 0.122 e. The Bertz CT molecular complexity index is 384. The zero-order valence-corrected chi connectivity index (χ0v) is 12.0. The highest BCUT2D eigenvalue weighted by Crippen LogP contribution is 2.22. The molecule has 106 valence electrons. The molecule has 2 rings (SSSR count). The summed E-state index contributed by atoms with van der Waals surface area (Å²) >= 11 is 0. The highest BCUT2D eigenvalue weighted by Gasteiger charge is 2.11. The first kappa shape index (κ1) is 14.4. The number of nitrogens with zero attached hydrogens (tertiary/aromatic N) is 1. The van der Waals surface area contributed by atoms with Crippen molar-refractivity contribution in [1.82, 2.24) is 4.90 Å². The van der Waals surface area contributed by atoms with Crippen molar-refractivity contribution in [2.24, 2.45) is 5.73 Å². The zero-order chi connectivity index (χ0) is 13.5. The SMILES string of the molecule is COc1ccc(CN2CCCCCC2)cc1CCN. The number of hydrogen-bond donors (Lipinski definition) is 1. The molecule has 0 aromatic heterocycles. The van der Waals surface area contributed by atoms with Gasteiger partial charge in [-0.05, 0) is 56.1 Å². The second kappa shape index (κ2) is 7.51. The monoisotopic (exact) mass is 262 g/mol. The predicted octanol–water partition coefficient (Wildman–Crippen LogP) is 2.57. The first-order valence-electron chi connectivity index (χ1n) is 7.41. The molecule has 0 amide bonds. The normalized spacial score (nSPS) is 17.2. The molecular weight excluding hydrogens is 236 g/mol. The first-order chi connectivity index (χ1) is 9.33. The van der Waals surface area contributed by atoms with Gasteiger partial charge in [0, 0.05) is 6.54 Å². The molecule has 1 saturated heterocycles. The summed E-state index contributed by atoms with van der Waals surface area (Å²) < 4.78 is 5.39. The molecular formula is C16H26N2O. The maximum absolute atomic E-state index is 5.67. The minimum absolute atomic E-state index is 0.670. The highest BCUT2D eigenvalue weighted by molar-refractivity contribution is 5.37. The molecule has 0 radical (unpaired) electrons. The zero-order valence-electron chi connectivity index (χ0n) is 12.0. The Morgan fingerprint density at radius 1 is 1.16 bits per heavy atom. The molecule has 1 heterocycles. The van der Waals surface area contributed by atoms with E-state index in [1.165, 1.54) is 49.9 Å². The van der Waals surface area contributed by atoms with Gasteiger partial charge in [-0.15, -0.1) is 0 Å². The number of benzene rings is 1. The van der Waals surface area contributed by atoms with Gasteiger partial charge in [-0.1, -0.05) is 25.0 Å². The second-order valence-electron chi connectivity index (χ2n) is 5.38. The van der Waals surface area contributed by atoms with Crippen molar-refractivity contribution < 1.29 is 4.74 Å². The summed E-state index contributed by atoms with van der Waals surface area (Å²) in [7, 11) is 1.73. The lowest BCUT2D eigenvalue weighted by Crippen LogP contribution is -2.24. The third-order valence-electron chi connectivity index (χ3n) is 3.86. The van der Waals surface area contributed by atoms with Crippen molar-refractivity contribution >= 4 is 0 Å². The van der Waals surface area contributed by atoms with Crippen molar-refractivity contribution in [2.75, 3.05) is 26.7 Å². The van der Waals surface area contributed by atoms with E-state index in [1.807, 2.05) is 0 Å². The van der Waals surface area contributed by atoms with E-state index in [0.29, 0.717) is 6.54 Å². The summed E-state index contributed by atoms with van der Waals surface area (Å²) in [5.41, 5.74) is 8.29. The molecule has 1 fully saturated rings. The number of methoxy groups -OCH3 is 1. The summed E-state index contributed by atoms with van der Waals surface area (Å²) in [6.07, 6.45) is 6.34. The molecule has 3 heteroatoms. The Hall–Kier alpha value is -1.06. The Morgan fingerprint density at radius 3 is 2.53 bits per heavy atom. The lowest BCUT2D eigenvalue weighted by Gasteiger charge is -2.20. The van der Waals surface area contributed by atoms with Gasteiger partial charge in [0.2, 0.25) is 0 Å². The molecule has 19 heavy (non-hydrogen) atoms. The smallest absolute Gasteiger partial charge is 0.122 e. The lowest BCUT2D eigenvalue weighted by atomic mass is 10.1. The van der Waals surface area contributed by atoms with Crippen LogP contribution in [0.3, 0.4) is 0 Å². The molecule has 2 N–H and O–H groups in total. The third kappa shape index (κ3) is 4.22. The van der Waals surface area contributed by atoms with Crippen LogP contribution in [0.1, 0.15) is 36.8 Å². The molecule has 0 aliphatic carbocycles. The molecule has 3 nitrogen and oxygen atoms in total. The fraction of sp³-hybridized carbons (Fsp3) is 0.625. The summed E-state index contributed by atoms with van der Waals surface area (Å²) in [4.78, 5) is 2.57. The van der Waals surface area contributed by atoms with Gasteiger partial charge in [0.25, 0.3) is 0 Å². The van der Waals surface area contributed by atoms with E-state index in [0.717, 1.165) is 18.7 Å². The molecule has 0 atom stereocenters. The molecule has 0 spiro atoms. The lowest BCUT2D eigenvalue weighted by molar-refractivity contribution is 0.277. The molecule has 1 aromatic rings. The van der Waals surface area contributed by atoms with E-state index in [2.05, 4.69) is 23.1 Å². The van der Waals surface area contributed by atoms with Crippen molar-refractivity contribution in [3.63, 3.8) is 0 Å². The van der Waals surface area contributed by atoms with Crippen LogP contribution in [0.25, 0.3) is 0 Å². The molecule has 0 unspecified atom stereocenters. The molecule has 0 saturated carbocycles. The van der Waals surface area contributed by atoms with Gasteiger partial charge in [-0.25, -0.2) is 0 Å². The van der Waals surface area contributed by atoms with Crippen LogP contribution in [-0.4, -0.2) is 31.6 Å². The first-order valence-corrected chi connectivity index (χ1v) is 7.41. The van der Waals surface area contributed by atoms with Gasteiger partial charge in [0.15, 0.2) is 0 Å². The van der Waals surface area contributed by atoms with E-state index < -0.39 is 0 Å². The average Bonchev–Trinajstić information content (AvgIpc) is 2.68. The Kier molecular flexibility index (Phi) is 5.67. The maximum atomic E-state index is 5.67. The van der Waals surface area contributed by atoms with Crippen LogP contribution in [0, 0.1) is 0 Å². The number of likely N-dealkylation sites (tertiary alicyclic amines) is 1. The van der Waals surface area contributed by atoms with Crippen molar-refractivity contribution in [3.8, 4) is 5.75 Å². The molecule has 1 aliphatic rings. The van der Waals surface area contributed by atoms with Crippen LogP contribution in [0.5, 0.6) is 5.75 Å². The van der Waals surface area contributed by atoms with Gasteiger partial charge in [0.05, 0.1) is 7.11 Å². The largest absolute Gasteiger partial charge is 0.496 e. The van der Waals surface area contributed by atoms with Gasteiger partial charge in [0.1, 0.15) is 5.75 Å². The van der Waals surface area contributed by atoms with E-state index in [4.69, 9.17) is 10.5 Å². The quantitative estimate of drug-likeness (QED) is 0.886.